The van der Waals surface area contributed by atoms with Crippen LogP contribution in [0.2, 0.25) is 0 Å². The Morgan fingerprint density at radius 2 is 2.30 bits per heavy atom. The number of furan rings is 1. The van der Waals surface area contributed by atoms with Crippen molar-refractivity contribution >= 4 is 28.8 Å². The van der Waals surface area contributed by atoms with Crippen molar-refractivity contribution in [3.8, 4) is 0 Å². The zero-order valence-corrected chi connectivity index (χ0v) is 11.5. The van der Waals surface area contributed by atoms with Crippen LogP contribution < -0.4 is 0 Å². The Morgan fingerprint density at radius 1 is 1.45 bits per heavy atom. The summed E-state index contributed by atoms with van der Waals surface area (Å²) < 4.78 is 4.95. The molecule has 1 aromatic carbocycles. The number of hydrogen-bond acceptors (Lipinski definition) is 4. The summed E-state index contributed by atoms with van der Waals surface area (Å²) in [6, 6.07) is 7.68. The van der Waals surface area contributed by atoms with Gasteiger partial charge in [-0.2, -0.15) is 0 Å². The van der Waals surface area contributed by atoms with Crippen LogP contribution in [0.5, 0.6) is 0 Å². The summed E-state index contributed by atoms with van der Waals surface area (Å²) in [6.45, 7) is 2.03. The van der Waals surface area contributed by atoms with E-state index in [0.717, 1.165) is 16.2 Å². The molecule has 0 saturated carbocycles. The summed E-state index contributed by atoms with van der Waals surface area (Å²) in [6.07, 6.45) is 1.39. The summed E-state index contributed by atoms with van der Waals surface area (Å²) >= 11 is 1.45. The second-order valence-corrected chi connectivity index (χ2v) is 5.40. The van der Waals surface area contributed by atoms with Gasteiger partial charge in [-0.15, -0.1) is 0 Å². The number of nitrogens with one attached hydrogen (secondary N) is 1. The smallest absolute Gasteiger partial charge is 0.372 e. The molecule has 0 spiro atoms. The van der Waals surface area contributed by atoms with Gasteiger partial charge in [0.25, 0.3) is 0 Å². The van der Waals surface area contributed by atoms with Gasteiger partial charge in [0, 0.05) is 11.3 Å². The van der Waals surface area contributed by atoms with Crippen molar-refractivity contribution in [3.63, 3.8) is 0 Å². The molecule has 3 aromatic rings. The van der Waals surface area contributed by atoms with Crippen LogP contribution in [0.3, 0.4) is 0 Å². The Kier molecular flexibility index (Phi) is 3.23. The highest BCUT2D eigenvalue weighted by molar-refractivity contribution is 7.98. The molecule has 0 fully saturated rings. The number of thioether (sulfide) groups is 1. The first-order valence-electron chi connectivity index (χ1n) is 6.02. The normalized spacial score (nSPS) is 11.1. The largest absolute Gasteiger partial charge is 0.475 e. The number of rotatable bonds is 4. The molecule has 0 saturated heterocycles. The van der Waals surface area contributed by atoms with Crippen LogP contribution >= 0.6 is 11.8 Å². The molecule has 2 heterocycles. The lowest BCUT2D eigenvalue weighted by Gasteiger charge is -1.96. The van der Waals surface area contributed by atoms with Gasteiger partial charge in [0.05, 0.1) is 17.3 Å². The van der Waals surface area contributed by atoms with E-state index in [1.807, 2.05) is 25.1 Å². The van der Waals surface area contributed by atoms with Crippen molar-refractivity contribution in [1.29, 1.82) is 0 Å². The molecule has 5 nitrogen and oxygen atoms in total. The number of carboxylic acids is 1. The monoisotopic (exact) mass is 288 g/mol. The molecule has 20 heavy (non-hydrogen) atoms. The summed E-state index contributed by atoms with van der Waals surface area (Å²) in [7, 11) is 0. The molecule has 2 aromatic heterocycles. The van der Waals surface area contributed by atoms with Crippen molar-refractivity contribution in [2.45, 2.75) is 17.8 Å². The Hall–Kier alpha value is -2.21. The van der Waals surface area contributed by atoms with Crippen molar-refractivity contribution in [3.05, 3.63) is 47.4 Å². The molecule has 0 aliphatic carbocycles. The maximum atomic E-state index is 10.9. The lowest BCUT2D eigenvalue weighted by molar-refractivity contribution is 0.0661. The van der Waals surface area contributed by atoms with E-state index in [9.17, 15) is 4.79 Å². The van der Waals surface area contributed by atoms with Crippen molar-refractivity contribution in [1.82, 2.24) is 9.97 Å². The molecule has 0 aliphatic heterocycles. The first-order valence-corrected chi connectivity index (χ1v) is 7.01. The Balaban J connectivity index is 1.79. The van der Waals surface area contributed by atoms with Gasteiger partial charge in [-0.25, -0.2) is 9.78 Å². The van der Waals surface area contributed by atoms with Crippen molar-refractivity contribution in [2.24, 2.45) is 0 Å². The van der Waals surface area contributed by atoms with Gasteiger partial charge >= 0.3 is 5.97 Å². The fourth-order valence-electron chi connectivity index (χ4n) is 1.95. The third-order valence-corrected chi connectivity index (χ3v) is 3.84. The molecule has 0 amide bonds. The van der Waals surface area contributed by atoms with E-state index < -0.39 is 5.97 Å². The average molecular weight is 288 g/mol. The summed E-state index contributed by atoms with van der Waals surface area (Å²) in [5, 5.41) is 9.74. The number of nitrogens with zero attached hydrogens (tertiary/aromatic N) is 1. The zero-order chi connectivity index (χ0) is 14.1. The average Bonchev–Trinajstić information content (AvgIpc) is 3.01. The minimum absolute atomic E-state index is 0.00976. The number of carbonyl (C=O) groups is 1. The molecule has 0 aliphatic rings. The second kappa shape index (κ2) is 5.05. The van der Waals surface area contributed by atoms with Gasteiger partial charge in [0.15, 0.2) is 5.16 Å². The zero-order valence-electron chi connectivity index (χ0n) is 10.7. The number of H-pyrrole nitrogens is 1. The quantitative estimate of drug-likeness (QED) is 0.719. The van der Waals surface area contributed by atoms with Gasteiger partial charge in [-0.05, 0) is 30.7 Å². The first-order chi connectivity index (χ1) is 9.63. The highest BCUT2D eigenvalue weighted by Crippen LogP contribution is 2.25. The number of aromatic amines is 1. The molecule has 102 valence electrons. The molecule has 0 atom stereocenters. The molecule has 2 N–H and O–H groups in total. The van der Waals surface area contributed by atoms with Crippen LogP contribution in [0, 0.1) is 6.92 Å². The predicted octanol–water partition coefficient (Wildman–Crippen LogP) is 3.45. The van der Waals surface area contributed by atoms with Crippen LogP contribution in [0.25, 0.3) is 11.0 Å². The van der Waals surface area contributed by atoms with Gasteiger partial charge < -0.3 is 14.5 Å². The van der Waals surface area contributed by atoms with E-state index in [1.165, 1.54) is 23.6 Å². The van der Waals surface area contributed by atoms with E-state index in [1.54, 1.807) is 6.07 Å². The number of aryl methyl sites for hydroxylation is 1. The standard InChI is InChI=1S/C14H12N2O3S/c1-8-2-3-10-11(6-8)16-14(15-10)20-7-9-4-5-19-12(9)13(17)18/h2-6H,7H2,1H3,(H,15,16)(H,17,18). The second-order valence-electron chi connectivity index (χ2n) is 4.43. The third kappa shape index (κ3) is 2.42. The number of hydrogen-bond donors (Lipinski definition) is 2. The SMILES string of the molecule is Cc1ccc2nc(SCc3ccoc3C(=O)O)[nH]c2c1. The van der Waals surface area contributed by atoms with Crippen LogP contribution in [0.1, 0.15) is 21.7 Å². The minimum atomic E-state index is -1.05. The van der Waals surface area contributed by atoms with E-state index >= 15 is 0 Å². The topological polar surface area (TPSA) is 79.1 Å². The predicted molar refractivity (Wildman–Crippen MR) is 76.1 cm³/mol. The van der Waals surface area contributed by atoms with Gasteiger partial charge in [0.1, 0.15) is 0 Å². The van der Waals surface area contributed by atoms with Crippen molar-refractivity contribution < 1.29 is 14.3 Å². The first kappa shape index (κ1) is 12.8. The van der Waals surface area contributed by atoms with Gasteiger partial charge in [-0.1, -0.05) is 17.8 Å². The number of aromatic carboxylic acids is 1. The highest BCUT2D eigenvalue weighted by Gasteiger charge is 2.14. The highest BCUT2D eigenvalue weighted by atomic mass is 32.2. The Labute approximate surface area is 119 Å². The van der Waals surface area contributed by atoms with Crippen LogP contribution in [0.4, 0.5) is 0 Å². The number of aromatic nitrogens is 2. The number of imidazole rings is 1. The summed E-state index contributed by atoms with van der Waals surface area (Å²) in [5.74, 6) is -0.563. The summed E-state index contributed by atoms with van der Waals surface area (Å²) in [4.78, 5) is 18.6. The van der Waals surface area contributed by atoms with Crippen molar-refractivity contribution in [2.75, 3.05) is 0 Å². The molecule has 0 radical (unpaired) electrons. The molecule has 0 unspecified atom stereocenters. The van der Waals surface area contributed by atoms with Gasteiger partial charge in [0.2, 0.25) is 5.76 Å². The number of benzene rings is 1. The molecule has 3 rings (SSSR count). The summed E-state index contributed by atoms with van der Waals surface area (Å²) in [5.41, 5.74) is 3.71. The van der Waals surface area contributed by atoms with E-state index in [4.69, 9.17) is 9.52 Å². The minimum Gasteiger partial charge on any atom is -0.475 e. The lowest BCUT2D eigenvalue weighted by Crippen LogP contribution is -1.97. The van der Waals surface area contributed by atoms with E-state index in [-0.39, 0.29) is 5.76 Å². The maximum absolute atomic E-state index is 10.9. The molecule has 0 bridgehead atoms. The third-order valence-electron chi connectivity index (χ3n) is 2.92. The number of fused-ring (bicyclic) bond motifs is 1. The van der Waals surface area contributed by atoms with Crippen LogP contribution in [0.15, 0.2) is 40.1 Å². The fourth-order valence-corrected chi connectivity index (χ4v) is 2.82. The number of carboxylic acid groups (broad SMARTS) is 1. The molecule has 6 heteroatoms. The Morgan fingerprint density at radius 3 is 3.10 bits per heavy atom. The van der Waals surface area contributed by atoms with Crippen LogP contribution in [-0.2, 0) is 5.75 Å². The molecular weight excluding hydrogens is 276 g/mol. The lowest BCUT2D eigenvalue weighted by atomic mass is 10.2. The van der Waals surface area contributed by atoms with E-state index in [0.29, 0.717) is 11.3 Å². The fraction of sp³-hybridized carbons (Fsp3) is 0.143. The maximum Gasteiger partial charge on any atom is 0.372 e. The van der Waals surface area contributed by atoms with E-state index in [2.05, 4.69) is 9.97 Å². The van der Waals surface area contributed by atoms with Gasteiger partial charge in [-0.3, -0.25) is 0 Å². The van der Waals surface area contributed by atoms with Crippen LogP contribution in [-0.4, -0.2) is 21.0 Å². The molecular formula is C14H12N2O3S. The Bertz CT molecular complexity index is 776.